The first-order valence-corrected chi connectivity index (χ1v) is 7.20. The average molecular weight is 312 g/mol. The largest absolute Gasteiger partial charge is 0.366 e. The maximum absolute atomic E-state index is 12.1. The molecule has 0 radical (unpaired) electrons. The number of amides is 3. The molecule has 120 valence electrons. The number of aromatic nitrogens is 1. The molecule has 3 amide bonds. The zero-order valence-corrected chi connectivity index (χ0v) is 13.4. The van der Waals surface area contributed by atoms with E-state index in [1.54, 1.807) is 30.5 Å². The SMILES string of the molecule is CC(C)(C)c1ccc(C(N)=O)c(NC(=O)Nc2cccnc2)c1. The Kier molecular flexibility index (Phi) is 4.64. The summed E-state index contributed by atoms with van der Waals surface area (Å²) in [6.45, 7) is 6.14. The van der Waals surface area contributed by atoms with Crippen LogP contribution in [0.1, 0.15) is 36.7 Å². The van der Waals surface area contributed by atoms with E-state index in [0.29, 0.717) is 11.4 Å². The molecule has 0 atom stereocenters. The highest BCUT2D eigenvalue weighted by Crippen LogP contribution is 2.27. The Morgan fingerprint density at radius 2 is 1.87 bits per heavy atom. The molecule has 0 aliphatic heterocycles. The Balaban J connectivity index is 2.26. The topological polar surface area (TPSA) is 97.1 Å². The van der Waals surface area contributed by atoms with Gasteiger partial charge in [0.05, 0.1) is 23.1 Å². The first kappa shape index (κ1) is 16.5. The highest BCUT2D eigenvalue weighted by molar-refractivity contribution is 6.06. The zero-order valence-electron chi connectivity index (χ0n) is 13.4. The Morgan fingerprint density at radius 1 is 1.13 bits per heavy atom. The molecule has 6 nitrogen and oxygen atoms in total. The fraction of sp³-hybridized carbons (Fsp3) is 0.235. The summed E-state index contributed by atoms with van der Waals surface area (Å²) in [5.41, 5.74) is 7.45. The summed E-state index contributed by atoms with van der Waals surface area (Å²) in [6.07, 6.45) is 3.14. The third kappa shape index (κ3) is 4.29. The monoisotopic (exact) mass is 312 g/mol. The number of benzene rings is 1. The quantitative estimate of drug-likeness (QED) is 0.812. The van der Waals surface area contributed by atoms with Gasteiger partial charge >= 0.3 is 6.03 Å². The molecule has 0 unspecified atom stereocenters. The maximum Gasteiger partial charge on any atom is 0.323 e. The minimum atomic E-state index is -0.595. The van der Waals surface area contributed by atoms with Crippen LogP contribution in [0.4, 0.5) is 16.2 Å². The van der Waals surface area contributed by atoms with Crippen LogP contribution in [0.2, 0.25) is 0 Å². The predicted octanol–water partition coefficient (Wildman–Crippen LogP) is 3.12. The van der Waals surface area contributed by atoms with Crippen LogP contribution in [0.3, 0.4) is 0 Å². The van der Waals surface area contributed by atoms with Crippen LogP contribution < -0.4 is 16.4 Å². The first-order chi connectivity index (χ1) is 10.8. The van der Waals surface area contributed by atoms with Crippen LogP contribution in [0.25, 0.3) is 0 Å². The normalized spacial score (nSPS) is 10.9. The molecule has 0 aliphatic rings. The van der Waals surface area contributed by atoms with Crippen molar-refractivity contribution in [3.05, 3.63) is 53.9 Å². The van der Waals surface area contributed by atoms with Gasteiger partial charge in [0.15, 0.2) is 0 Å². The molecule has 0 saturated carbocycles. The molecule has 0 aliphatic carbocycles. The molecule has 4 N–H and O–H groups in total. The van der Waals surface area contributed by atoms with E-state index in [1.807, 2.05) is 26.8 Å². The van der Waals surface area contributed by atoms with E-state index in [1.165, 1.54) is 6.20 Å². The van der Waals surface area contributed by atoms with Gasteiger partial charge in [-0.1, -0.05) is 26.8 Å². The van der Waals surface area contributed by atoms with E-state index in [-0.39, 0.29) is 11.0 Å². The molecule has 1 heterocycles. The van der Waals surface area contributed by atoms with Gasteiger partial charge in [-0.05, 0) is 35.2 Å². The summed E-state index contributed by atoms with van der Waals surface area (Å²) in [6, 6.07) is 8.19. The number of carbonyl (C=O) groups excluding carboxylic acids is 2. The Labute approximate surface area is 135 Å². The van der Waals surface area contributed by atoms with Crippen LogP contribution in [-0.4, -0.2) is 16.9 Å². The molecule has 1 aromatic carbocycles. The Morgan fingerprint density at radius 3 is 2.43 bits per heavy atom. The van der Waals surface area contributed by atoms with Gasteiger partial charge in [0.1, 0.15) is 0 Å². The summed E-state index contributed by atoms with van der Waals surface area (Å²) in [5.74, 6) is -0.595. The number of rotatable bonds is 3. The summed E-state index contributed by atoms with van der Waals surface area (Å²) >= 11 is 0. The molecule has 0 bridgehead atoms. The molecular weight excluding hydrogens is 292 g/mol. The lowest BCUT2D eigenvalue weighted by atomic mass is 9.86. The second kappa shape index (κ2) is 6.48. The number of primary amides is 1. The van der Waals surface area contributed by atoms with Crippen LogP contribution in [0, 0.1) is 0 Å². The number of hydrogen-bond acceptors (Lipinski definition) is 3. The number of anilines is 2. The Bertz CT molecular complexity index is 721. The van der Waals surface area contributed by atoms with Gasteiger partial charge in [-0.2, -0.15) is 0 Å². The summed E-state index contributed by atoms with van der Waals surface area (Å²) < 4.78 is 0. The number of nitrogens with two attached hydrogens (primary N) is 1. The van der Waals surface area contributed by atoms with Gasteiger partial charge in [0.2, 0.25) is 0 Å². The molecule has 1 aromatic heterocycles. The molecule has 0 spiro atoms. The minimum Gasteiger partial charge on any atom is -0.366 e. The van der Waals surface area contributed by atoms with Crippen LogP contribution in [-0.2, 0) is 5.41 Å². The van der Waals surface area contributed by atoms with E-state index >= 15 is 0 Å². The smallest absolute Gasteiger partial charge is 0.323 e. The van der Waals surface area contributed by atoms with E-state index < -0.39 is 11.9 Å². The van der Waals surface area contributed by atoms with Gasteiger partial charge in [-0.25, -0.2) is 4.79 Å². The molecule has 2 rings (SSSR count). The summed E-state index contributed by atoms with van der Waals surface area (Å²) in [5, 5.41) is 5.32. The first-order valence-electron chi connectivity index (χ1n) is 7.20. The predicted molar refractivity (Wildman–Crippen MR) is 90.5 cm³/mol. The van der Waals surface area contributed by atoms with Crippen LogP contribution in [0.5, 0.6) is 0 Å². The third-order valence-corrected chi connectivity index (χ3v) is 3.32. The molecule has 23 heavy (non-hydrogen) atoms. The highest BCUT2D eigenvalue weighted by Gasteiger charge is 2.18. The van der Waals surface area contributed by atoms with Crippen molar-refractivity contribution >= 4 is 23.3 Å². The lowest BCUT2D eigenvalue weighted by Gasteiger charge is -2.21. The van der Waals surface area contributed by atoms with Crippen LogP contribution in [0.15, 0.2) is 42.7 Å². The van der Waals surface area contributed by atoms with Crippen molar-refractivity contribution in [3.63, 3.8) is 0 Å². The number of nitrogens with zero attached hydrogens (tertiary/aromatic N) is 1. The lowest BCUT2D eigenvalue weighted by molar-refractivity contribution is 0.100. The second-order valence-corrected chi connectivity index (χ2v) is 6.20. The van der Waals surface area contributed by atoms with Gasteiger partial charge in [-0.3, -0.25) is 9.78 Å². The number of urea groups is 1. The van der Waals surface area contributed by atoms with Crippen molar-refractivity contribution in [2.45, 2.75) is 26.2 Å². The molecular formula is C17H20N4O2. The van der Waals surface area contributed by atoms with Gasteiger partial charge in [0.25, 0.3) is 5.91 Å². The van der Waals surface area contributed by atoms with Crippen molar-refractivity contribution in [2.24, 2.45) is 5.73 Å². The van der Waals surface area contributed by atoms with Gasteiger partial charge < -0.3 is 16.4 Å². The molecule has 0 saturated heterocycles. The van der Waals surface area contributed by atoms with Crippen molar-refractivity contribution in [1.29, 1.82) is 0 Å². The maximum atomic E-state index is 12.1. The van der Waals surface area contributed by atoms with Crippen molar-refractivity contribution in [1.82, 2.24) is 4.98 Å². The highest BCUT2D eigenvalue weighted by atomic mass is 16.2. The second-order valence-electron chi connectivity index (χ2n) is 6.20. The van der Waals surface area contributed by atoms with E-state index in [9.17, 15) is 9.59 Å². The number of carbonyl (C=O) groups is 2. The lowest BCUT2D eigenvalue weighted by Crippen LogP contribution is -2.23. The van der Waals surface area contributed by atoms with Crippen LogP contribution >= 0.6 is 0 Å². The van der Waals surface area contributed by atoms with E-state index in [2.05, 4.69) is 15.6 Å². The number of nitrogens with one attached hydrogen (secondary N) is 2. The van der Waals surface area contributed by atoms with Crippen molar-refractivity contribution in [2.75, 3.05) is 10.6 Å². The standard InChI is InChI=1S/C17H20N4O2/c1-17(2,3)11-6-7-13(15(18)22)14(9-11)21-16(23)20-12-5-4-8-19-10-12/h4-10H,1-3H3,(H2,18,22)(H2,20,21,23). The van der Waals surface area contributed by atoms with Gasteiger partial charge in [0, 0.05) is 6.20 Å². The molecule has 0 fully saturated rings. The molecule has 2 aromatic rings. The zero-order chi connectivity index (χ0) is 17.0. The number of hydrogen-bond donors (Lipinski definition) is 3. The van der Waals surface area contributed by atoms with Crippen molar-refractivity contribution in [3.8, 4) is 0 Å². The number of pyridine rings is 1. The summed E-state index contributed by atoms with van der Waals surface area (Å²) in [7, 11) is 0. The summed E-state index contributed by atoms with van der Waals surface area (Å²) in [4.78, 5) is 27.6. The van der Waals surface area contributed by atoms with E-state index in [4.69, 9.17) is 5.73 Å². The van der Waals surface area contributed by atoms with Crippen molar-refractivity contribution < 1.29 is 9.59 Å². The third-order valence-electron chi connectivity index (χ3n) is 3.32. The van der Waals surface area contributed by atoms with E-state index in [0.717, 1.165) is 5.56 Å². The fourth-order valence-electron chi connectivity index (χ4n) is 2.05. The fourth-order valence-corrected chi connectivity index (χ4v) is 2.05. The Hall–Kier alpha value is -2.89. The minimum absolute atomic E-state index is 0.119. The molecule has 6 heteroatoms. The van der Waals surface area contributed by atoms with Gasteiger partial charge in [-0.15, -0.1) is 0 Å². The average Bonchev–Trinajstić information content (AvgIpc) is 2.46.